The molecule has 1 saturated heterocycles. The molecular formula is C12H18N2. The molecule has 0 amide bonds. The van der Waals surface area contributed by atoms with E-state index in [-0.39, 0.29) is 0 Å². The Bertz CT molecular complexity index is 252. The van der Waals surface area contributed by atoms with Crippen LogP contribution in [0.15, 0.2) is 30.3 Å². The van der Waals surface area contributed by atoms with Crippen LogP contribution in [-0.2, 0) is 6.54 Å². The highest BCUT2D eigenvalue weighted by atomic mass is 14.9. The average molecular weight is 190 g/mol. The van der Waals surface area contributed by atoms with Gasteiger partial charge in [-0.1, -0.05) is 30.3 Å². The molecule has 1 aromatic rings. The lowest BCUT2D eigenvalue weighted by molar-refractivity contribution is 0.512. The van der Waals surface area contributed by atoms with Gasteiger partial charge in [-0.3, -0.25) is 0 Å². The second-order valence-corrected chi connectivity index (χ2v) is 3.98. The van der Waals surface area contributed by atoms with E-state index in [0.717, 1.165) is 19.0 Å². The van der Waals surface area contributed by atoms with Gasteiger partial charge in [-0.2, -0.15) is 0 Å². The van der Waals surface area contributed by atoms with Crippen LogP contribution in [0.25, 0.3) is 0 Å². The third kappa shape index (κ3) is 2.82. The van der Waals surface area contributed by atoms with Crippen molar-refractivity contribution in [2.45, 2.75) is 13.0 Å². The minimum Gasteiger partial charge on any atom is -0.316 e. The molecule has 2 N–H and O–H groups in total. The Morgan fingerprint density at radius 1 is 1.29 bits per heavy atom. The van der Waals surface area contributed by atoms with E-state index in [1.165, 1.54) is 25.1 Å². The number of hydrogen-bond donors (Lipinski definition) is 2. The standard InChI is InChI=1S/C12H18N2/c1-2-4-11(5-3-1)8-14-10-12-6-7-13-9-12/h1-5,12-14H,6-10H2/t12-/m0/s1. The number of benzene rings is 1. The summed E-state index contributed by atoms with van der Waals surface area (Å²) >= 11 is 0. The molecule has 0 bridgehead atoms. The second kappa shape index (κ2) is 5.13. The molecule has 2 rings (SSSR count). The van der Waals surface area contributed by atoms with Gasteiger partial charge in [0.25, 0.3) is 0 Å². The van der Waals surface area contributed by atoms with E-state index in [1.807, 2.05) is 0 Å². The van der Waals surface area contributed by atoms with Crippen LogP contribution in [-0.4, -0.2) is 19.6 Å². The summed E-state index contributed by atoms with van der Waals surface area (Å²) in [5.74, 6) is 0.832. The fourth-order valence-electron chi connectivity index (χ4n) is 1.91. The van der Waals surface area contributed by atoms with Gasteiger partial charge in [-0.25, -0.2) is 0 Å². The first kappa shape index (κ1) is 9.69. The maximum Gasteiger partial charge on any atom is 0.0205 e. The van der Waals surface area contributed by atoms with Gasteiger partial charge < -0.3 is 10.6 Å². The Kier molecular flexibility index (Phi) is 3.55. The van der Waals surface area contributed by atoms with Crippen LogP contribution in [0.4, 0.5) is 0 Å². The van der Waals surface area contributed by atoms with E-state index in [0.29, 0.717) is 0 Å². The largest absolute Gasteiger partial charge is 0.316 e. The van der Waals surface area contributed by atoms with E-state index in [4.69, 9.17) is 0 Å². The summed E-state index contributed by atoms with van der Waals surface area (Å²) in [5, 5.41) is 6.88. The first-order valence-electron chi connectivity index (χ1n) is 5.40. The molecule has 2 nitrogen and oxygen atoms in total. The lowest BCUT2D eigenvalue weighted by atomic mass is 10.1. The van der Waals surface area contributed by atoms with Crippen molar-refractivity contribution in [2.24, 2.45) is 5.92 Å². The first-order valence-corrected chi connectivity index (χ1v) is 5.40. The van der Waals surface area contributed by atoms with Crippen LogP contribution in [0.2, 0.25) is 0 Å². The first-order chi connectivity index (χ1) is 6.95. The maximum atomic E-state index is 3.50. The Morgan fingerprint density at radius 2 is 2.14 bits per heavy atom. The molecule has 1 aliphatic heterocycles. The van der Waals surface area contributed by atoms with Crippen molar-refractivity contribution in [1.82, 2.24) is 10.6 Å². The van der Waals surface area contributed by atoms with Crippen LogP contribution < -0.4 is 10.6 Å². The van der Waals surface area contributed by atoms with Crippen molar-refractivity contribution in [2.75, 3.05) is 19.6 Å². The van der Waals surface area contributed by atoms with E-state index in [2.05, 4.69) is 41.0 Å². The van der Waals surface area contributed by atoms with Gasteiger partial charge in [0.1, 0.15) is 0 Å². The highest BCUT2D eigenvalue weighted by Crippen LogP contribution is 2.06. The van der Waals surface area contributed by atoms with Crippen LogP contribution in [0, 0.1) is 5.92 Å². The third-order valence-electron chi connectivity index (χ3n) is 2.77. The fourth-order valence-corrected chi connectivity index (χ4v) is 1.91. The molecule has 0 unspecified atom stereocenters. The Morgan fingerprint density at radius 3 is 2.86 bits per heavy atom. The molecule has 1 aliphatic rings. The van der Waals surface area contributed by atoms with Crippen LogP contribution in [0.1, 0.15) is 12.0 Å². The van der Waals surface area contributed by atoms with Gasteiger partial charge in [0, 0.05) is 6.54 Å². The third-order valence-corrected chi connectivity index (χ3v) is 2.77. The lowest BCUT2D eigenvalue weighted by Gasteiger charge is -2.09. The predicted octanol–water partition coefficient (Wildman–Crippen LogP) is 1.39. The highest BCUT2D eigenvalue weighted by molar-refractivity contribution is 5.14. The highest BCUT2D eigenvalue weighted by Gasteiger charge is 2.12. The minimum absolute atomic E-state index is 0.832. The zero-order valence-corrected chi connectivity index (χ0v) is 8.50. The molecule has 1 heterocycles. The van der Waals surface area contributed by atoms with Crippen molar-refractivity contribution in [3.63, 3.8) is 0 Å². The Balaban J connectivity index is 1.67. The summed E-state index contributed by atoms with van der Waals surface area (Å²) < 4.78 is 0. The zero-order chi connectivity index (χ0) is 9.64. The second-order valence-electron chi connectivity index (χ2n) is 3.98. The van der Waals surface area contributed by atoms with Gasteiger partial charge in [0.15, 0.2) is 0 Å². The molecule has 76 valence electrons. The average Bonchev–Trinajstić information content (AvgIpc) is 2.72. The maximum absolute atomic E-state index is 3.50. The van der Waals surface area contributed by atoms with Gasteiger partial charge in [-0.05, 0) is 37.5 Å². The Hall–Kier alpha value is -0.860. The van der Waals surface area contributed by atoms with Crippen molar-refractivity contribution in [1.29, 1.82) is 0 Å². The topological polar surface area (TPSA) is 24.1 Å². The Labute approximate surface area is 85.7 Å². The minimum atomic E-state index is 0.832. The smallest absolute Gasteiger partial charge is 0.0205 e. The molecule has 0 saturated carbocycles. The molecule has 0 aliphatic carbocycles. The normalized spacial score (nSPS) is 21.3. The van der Waals surface area contributed by atoms with Crippen LogP contribution in [0.3, 0.4) is 0 Å². The molecule has 2 heteroatoms. The summed E-state index contributed by atoms with van der Waals surface area (Å²) in [6.07, 6.45) is 1.32. The molecule has 0 radical (unpaired) electrons. The quantitative estimate of drug-likeness (QED) is 0.749. The lowest BCUT2D eigenvalue weighted by Crippen LogP contribution is -2.23. The van der Waals surface area contributed by atoms with Gasteiger partial charge in [-0.15, -0.1) is 0 Å². The summed E-state index contributed by atoms with van der Waals surface area (Å²) in [7, 11) is 0. The van der Waals surface area contributed by atoms with E-state index in [1.54, 1.807) is 0 Å². The molecule has 1 fully saturated rings. The molecular weight excluding hydrogens is 172 g/mol. The van der Waals surface area contributed by atoms with E-state index < -0.39 is 0 Å². The predicted molar refractivity (Wildman–Crippen MR) is 59.1 cm³/mol. The van der Waals surface area contributed by atoms with Crippen molar-refractivity contribution in [3.05, 3.63) is 35.9 Å². The molecule has 0 spiro atoms. The zero-order valence-electron chi connectivity index (χ0n) is 8.50. The SMILES string of the molecule is c1ccc(CNC[C@H]2CCNC2)cc1. The summed E-state index contributed by atoms with van der Waals surface area (Å²) in [4.78, 5) is 0. The van der Waals surface area contributed by atoms with Gasteiger partial charge in [0.2, 0.25) is 0 Å². The van der Waals surface area contributed by atoms with Gasteiger partial charge >= 0.3 is 0 Å². The molecule has 0 aromatic heterocycles. The van der Waals surface area contributed by atoms with Crippen LogP contribution >= 0.6 is 0 Å². The monoisotopic (exact) mass is 190 g/mol. The molecule has 14 heavy (non-hydrogen) atoms. The number of rotatable bonds is 4. The summed E-state index contributed by atoms with van der Waals surface area (Å²) in [6.45, 7) is 4.51. The molecule has 1 aromatic carbocycles. The molecule has 1 atom stereocenters. The van der Waals surface area contributed by atoms with E-state index >= 15 is 0 Å². The fraction of sp³-hybridized carbons (Fsp3) is 0.500. The number of nitrogens with one attached hydrogen (secondary N) is 2. The summed E-state index contributed by atoms with van der Waals surface area (Å²) in [6, 6.07) is 10.6. The van der Waals surface area contributed by atoms with Crippen molar-refractivity contribution in [3.8, 4) is 0 Å². The van der Waals surface area contributed by atoms with E-state index in [9.17, 15) is 0 Å². The van der Waals surface area contributed by atoms with Crippen molar-refractivity contribution >= 4 is 0 Å². The number of hydrogen-bond acceptors (Lipinski definition) is 2. The van der Waals surface area contributed by atoms with Gasteiger partial charge in [0.05, 0.1) is 0 Å². The summed E-state index contributed by atoms with van der Waals surface area (Å²) in [5.41, 5.74) is 1.37. The van der Waals surface area contributed by atoms with Crippen molar-refractivity contribution < 1.29 is 0 Å². The van der Waals surface area contributed by atoms with Crippen LogP contribution in [0.5, 0.6) is 0 Å².